The number of oxazole rings is 1. The van der Waals surface area contributed by atoms with Gasteiger partial charge in [-0.25, -0.2) is 9.67 Å². The molecule has 0 spiro atoms. The van der Waals surface area contributed by atoms with Crippen molar-refractivity contribution in [3.8, 4) is 28.5 Å². The summed E-state index contributed by atoms with van der Waals surface area (Å²) < 4.78 is 7.72. The molecule has 0 fully saturated rings. The van der Waals surface area contributed by atoms with Crippen LogP contribution in [0, 0.1) is 0 Å². The number of rotatable bonds is 3. The van der Waals surface area contributed by atoms with E-state index in [-0.39, 0.29) is 11.8 Å². The van der Waals surface area contributed by atoms with E-state index in [4.69, 9.17) is 4.42 Å². The number of benzene rings is 2. The second kappa shape index (κ2) is 5.49. The molecule has 4 aromatic rings. The highest BCUT2D eigenvalue weighted by atomic mass is 16.4. The van der Waals surface area contributed by atoms with Crippen LogP contribution >= 0.6 is 0 Å². The van der Waals surface area contributed by atoms with E-state index in [1.807, 2.05) is 28.9 Å². The second-order valence-electron chi connectivity index (χ2n) is 5.91. The molecule has 2 aromatic heterocycles. The number of fused-ring (bicyclic) bond motifs is 1. The van der Waals surface area contributed by atoms with E-state index in [0.29, 0.717) is 11.7 Å². The largest absolute Gasteiger partial charge is 0.508 e. The summed E-state index contributed by atoms with van der Waals surface area (Å²) in [4.78, 5) is 4.34. The minimum absolute atomic E-state index is 0.192. The van der Waals surface area contributed by atoms with Crippen molar-refractivity contribution < 1.29 is 9.52 Å². The molecular weight excluding hydrogens is 304 g/mol. The van der Waals surface area contributed by atoms with Crippen molar-refractivity contribution in [3.63, 3.8) is 0 Å². The molecule has 1 N–H and O–H groups in total. The lowest BCUT2D eigenvalue weighted by Gasteiger charge is -2.05. The first-order valence-electron chi connectivity index (χ1n) is 7.72. The van der Waals surface area contributed by atoms with E-state index in [1.165, 1.54) is 0 Å². The smallest absolute Gasteiger partial charge is 0.226 e. The number of hydrogen-bond donors (Lipinski definition) is 1. The molecule has 120 valence electrons. The average Bonchev–Trinajstić information content (AvgIpc) is 3.21. The molecule has 0 atom stereocenters. The van der Waals surface area contributed by atoms with E-state index in [2.05, 4.69) is 29.1 Å². The standard InChI is InChI=1S/C18H16N4O2/c1-11(2)22-16-7-6-13(9-15(16)20-21-22)18-19-10-17(24-18)12-4-3-5-14(23)8-12/h3-11,23H,1-2H3. The Labute approximate surface area is 138 Å². The van der Waals surface area contributed by atoms with Gasteiger partial charge in [0.15, 0.2) is 5.76 Å². The number of hydrogen-bond acceptors (Lipinski definition) is 5. The lowest BCUT2D eigenvalue weighted by Crippen LogP contribution is -2.02. The average molecular weight is 320 g/mol. The van der Waals surface area contributed by atoms with Gasteiger partial charge in [-0.2, -0.15) is 0 Å². The summed E-state index contributed by atoms with van der Waals surface area (Å²) in [5, 5.41) is 18.0. The Balaban J connectivity index is 1.73. The molecule has 0 aliphatic rings. The minimum atomic E-state index is 0.192. The maximum absolute atomic E-state index is 9.58. The van der Waals surface area contributed by atoms with Gasteiger partial charge in [0.05, 0.1) is 11.7 Å². The Morgan fingerprint density at radius 1 is 1.08 bits per heavy atom. The van der Waals surface area contributed by atoms with E-state index in [9.17, 15) is 5.11 Å². The zero-order chi connectivity index (χ0) is 16.7. The SMILES string of the molecule is CC(C)n1nnc2cc(-c3ncc(-c4cccc(O)c4)o3)ccc21. The van der Waals surface area contributed by atoms with E-state index in [1.54, 1.807) is 24.4 Å². The third kappa shape index (κ3) is 2.42. The third-order valence-corrected chi connectivity index (χ3v) is 3.84. The predicted molar refractivity (Wildman–Crippen MR) is 90.5 cm³/mol. The zero-order valence-electron chi connectivity index (χ0n) is 13.3. The van der Waals surface area contributed by atoms with Crippen molar-refractivity contribution in [2.24, 2.45) is 0 Å². The molecule has 4 rings (SSSR count). The minimum Gasteiger partial charge on any atom is -0.508 e. The molecule has 0 radical (unpaired) electrons. The zero-order valence-corrected chi connectivity index (χ0v) is 13.3. The molecule has 24 heavy (non-hydrogen) atoms. The van der Waals surface area contributed by atoms with Crippen molar-refractivity contribution in [3.05, 3.63) is 48.7 Å². The van der Waals surface area contributed by atoms with Crippen LogP contribution in [0.2, 0.25) is 0 Å². The van der Waals surface area contributed by atoms with Crippen LogP contribution in [0.1, 0.15) is 19.9 Å². The lowest BCUT2D eigenvalue weighted by atomic mass is 10.2. The molecule has 0 aliphatic carbocycles. The van der Waals surface area contributed by atoms with Crippen LogP contribution in [-0.4, -0.2) is 25.1 Å². The Kier molecular flexibility index (Phi) is 3.30. The molecule has 0 aliphatic heterocycles. The molecule has 0 saturated carbocycles. The first kappa shape index (κ1) is 14.4. The van der Waals surface area contributed by atoms with Crippen LogP contribution in [0.25, 0.3) is 33.8 Å². The molecule has 0 bridgehead atoms. The molecular formula is C18H16N4O2. The first-order valence-corrected chi connectivity index (χ1v) is 7.72. The van der Waals surface area contributed by atoms with Crippen LogP contribution in [0.5, 0.6) is 5.75 Å². The van der Waals surface area contributed by atoms with Gasteiger partial charge in [0.1, 0.15) is 11.3 Å². The maximum atomic E-state index is 9.58. The summed E-state index contributed by atoms with van der Waals surface area (Å²) in [5.74, 6) is 1.30. The van der Waals surface area contributed by atoms with Gasteiger partial charge in [0.25, 0.3) is 0 Å². The van der Waals surface area contributed by atoms with E-state index < -0.39 is 0 Å². The van der Waals surface area contributed by atoms with Gasteiger partial charge < -0.3 is 9.52 Å². The quantitative estimate of drug-likeness (QED) is 0.616. The Morgan fingerprint density at radius 2 is 1.96 bits per heavy atom. The fourth-order valence-corrected chi connectivity index (χ4v) is 2.66. The van der Waals surface area contributed by atoms with Crippen LogP contribution in [-0.2, 0) is 0 Å². The number of aromatic hydroxyl groups is 1. The van der Waals surface area contributed by atoms with Gasteiger partial charge in [-0.05, 0) is 44.2 Å². The van der Waals surface area contributed by atoms with Gasteiger partial charge in [0, 0.05) is 17.2 Å². The van der Waals surface area contributed by atoms with E-state index >= 15 is 0 Å². The van der Waals surface area contributed by atoms with Crippen molar-refractivity contribution in [1.82, 2.24) is 20.0 Å². The normalized spacial score (nSPS) is 11.5. The summed E-state index contributed by atoms with van der Waals surface area (Å²) in [6, 6.07) is 13.0. The van der Waals surface area contributed by atoms with Crippen LogP contribution < -0.4 is 0 Å². The Bertz CT molecular complexity index is 1020. The molecule has 0 saturated heterocycles. The van der Waals surface area contributed by atoms with Gasteiger partial charge in [-0.1, -0.05) is 17.3 Å². The van der Waals surface area contributed by atoms with E-state index in [0.717, 1.165) is 22.2 Å². The Morgan fingerprint density at radius 3 is 2.75 bits per heavy atom. The fourth-order valence-electron chi connectivity index (χ4n) is 2.66. The van der Waals surface area contributed by atoms with Gasteiger partial charge in [-0.3, -0.25) is 0 Å². The van der Waals surface area contributed by atoms with Crippen molar-refractivity contribution in [2.45, 2.75) is 19.9 Å². The van der Waals surface area contributed by atoms with Crippen LogP contribution in [0.15, 0.2) is 53.1 Å². The summed E-state index contributed by atoms with van der Waals surface area (Å²) in [6.45, 7) is 4.13. The number of phenols is 1. The van der Waals surface area contributed by atoms with Crippen LogP contribution in [0.4, 0.5) is 0 Å². The lowest BCUT2D eigenvalue weighted by molar-refractivity contribution is 0.475. The summed E-state index contributed by atoms with van der Waals surface area (Å²) in [5.41, 5.74) is 3.40. The molecule has 2 heterocycles. The maximum Gasteiger partial charge on any atom is 0.226 e. The molecule has 0 unspecified atom stereocenters. The first-order chi connectivity index (χ1) is 11.6. The van der Waals surface area contributed by atoms with Crippen molar-refractivity contribution in [2.75, 3.05) is 0 Å². The number of aromatic nitrogens is 4. The van der Waals surface area contributed by atoms with Crippen molar-refractivity contribution >= 4 is 11.0 Å². The highest BCUT2D eigenvalue weighted by molar-refractivity contribution is 5.80. The fraction of sp³-hybridized carbons (Fsp3) is 0.167. The van der Waals surface area contributed by atoms with Gasteiger partial charge >= 0.3 is 0 Å². The molecule has 2 aromatic carbocycles. The van der Waals surface area contributed by atoms with Gasteiger partial charge in [-0.15, -0.1) is 5.10 Å². The summed E-state index contributed by atoms with van der Waals surface area (Å²) >= 11 is 0. The Hall–Kier alpha value is -3.15. The second-order valence-corrected chi connectivity index (χ2v) is 5.91. The topological polar surface area (TPSA) is 77.0 Å². The molecule has 6 nitrogen and oxygen atoms in total. The van der Waals surface area contributed by atoms with Crippen LogP contribution in [0.3, 0.4) is 0 Å². The van der Waals surface area contributed by atoms with Crippen molar-refractivity contribution in [1.29, 1.82) is 0 Å². The molecule has 0 amide bonds. The van der Waals surface area contributed by atoms with Gasteiger partial charge in [0.2, 0.25) is 5.89 Å². The summed E-state index contributed by atoms with van der Waals surface area (Å²) in [6.07, 6.45) is 1.65. The highest BCUT2D eigenvalue weighted by Gasteiger charge is 2.12. The number of phenolic OH excluding ortho intramolecular Hbond substituents is 1. The summed E-state index contributed by atoms with van der Waals surface area (Å²) in [7, 11) is 0. The number of nitrogens with zero attached hydrogens (tertiary/aromatic N) is 4. The predicted octanol–water partition coefficient (Wildman–Crippen LogP) is 4.04. The molecule has 6 heteroatoms. The highest BCUT2D eigenvalue weighted by Crippen LogP contribution is 2.29. The third-order valence-electron chi connectivity index (χ3n) is 3.84. The monoisotopic (exact) mass is 320 g/mol.